The summed E-state index contributed by atoms with van der Waals surface area (Å²) in [7, 11) is 0. The molecule has 3 aliphatic rings. The van der Waals surface area contributed by atoms with E-state index >= 15 is 0 Å². The van der Waals surface area contributed by atoms with Gasteiger partial charge in [0.1, 0.15) is 0 Å². The molecule has 0 nitrogen and oxygen atoms in total. The summed E-state index contributed by atoms with van der Waals surface area (Å²) >= 11 is -3.70. The van der Waals surface area contributed by atoms with Crippen LogP contribution in [0.4, 0.5) is 0 Å². The maximum Gasteiger partial charge on any atom is -0.147 e. The minimum absolute atomic E-state index is 0. The molecule has 2 unspecified atom stereocenters. The van der Waals surface area contributed by atoms with Gasteiger partial charge in [0.05, 0.1) is 0 Å². The first-order valence-corrected chi connectivity index (χ1v) is 32.1. The number of hydrogen-bond acceptors (Lipinski definition) is 0. The van der Waals surface area contributed by atoms with E-state index in [1.54, 1.807) is 22.3 Å². The van der Waals surface area contributed by atoms with Crippen LogP contribution in [0, 0.1) is 12.8 Å². The summed E-state index contributed by atoms with van der Waals surface area (Å²) in [5, 5.41) is 0. The molecule has 7 rings (SSSR count). The number of aryl methyl sites for hydroxylation is 1. The Balaban J connectivity index is 0.00000243. The Kier molecular flexibility index (Phi) is 10.6. The van der Waals surface area contributed by atoms with Gasteiger partial charge in [-0.1, -0.05) is 0 Å². The maximum absolute atomic E-state index is 3.70. The molecule has 1 fully saturated rings. The van der Waals surface area contributed by atoms with E-state index in [1.165, 1.54) is 69.3 Å². The van der Waals surface area contributed by atoms with Gasteiger partial charge in [-0.3, -0.25) is 0 Å². The summed E-state index contributed by atoms with van der Waals surface area (Å²) in [6.07, 6.45) is 9.36. The third kappa shape index (κ3) is 6.59. The Bertz CT molecular complexity index is 2060. The molecule has 4 heteroatoms. The molecule has 4 aromatic rings. The fraction of sp³-hybridized carbons (Fsp3) is 0.391. The molecule has 0 aliphatic heterocycles. The van der Waals surface area contributed by atoms with Gasteiger partial charge in [0.25, 0.3) is 0 Å². The van der Waals surface area contributed by atoms with Gasteiger partial charge in [0, 0.05) is 0 Å². The number of rotatable bonds is 5. The van der Waals surface area contributed by atoms with E-state index in [0.29, 0.717) is 7.25 Å². The Morgan fingerprint density at radius 2 is 1.14 bits per heavy atom. The topological polar surface area (TPSA) is 0 Å². The minimum atomic E-state index is -3.70. The summed E-state index contributed by atoms with van der Waals surface area (Å²) in [6, 6.07) is 30.9. The Morgan fingerprint density at radius 3 is 1.62 bits per heavy atom. The van der Waals surface area contributed by atoms with E-state index in [1.807, 2.05) is 0 Å². The summed E-state index contributed by atoms with van der Waals surface area (Å²) in [5.41, 5.74) is 19.7. The second kappa shape index (κ2) is 13.5. The first-order valence-electron chi connectivity index (χ1n) is 18.4. The third-order valence-electron chi connectivity index (χ3n) is 12.3. The van der Waals surface area contributed by atoms with Gasteiger partial charge in [0.15, 0.2) is 0 Å². The monoisotopic (exact) mass is 798 g/mol. The molecular weight excluding hydrogens is 743 g/mol. The van der Waals surface area contributed by atoms with Crippen LogP contribution in [0.1, 0.15) is 114 Å². The normalized spacial score (nSPS) is 19.0. The SMILES string of the molecule is CC1=Cc2c(-c3ccc(C(C)(C)C)cc3)ccc(C)c2[CH]1[Zr]([CH3])([CH3])(=[SiH2])[CH]1C(C2CCC2)=Cc2c(-c3ccc(C(C)(C)C)cc3)cccc21.Cl.Cl. The number of allylic oxidation sites excluding steroid dienone is 2. The van der Waals surface area contributed by atoms with Crippen molar-refractivity contribution in [2.45, 2.75) is 102 Å². The first kappa shape index (κ1) is 39.3. The summed E-state index contributed by atoms with van der Waals surface area (Å²) in [5.74, 6) is 0.731. The van der Waals surface area contributed by atoms with Crippen molar-refractivity contribution in [3.8, 4) is 22.3 Å². The molecule has 0 saturated heterocycles. The van der Waals surface area contributed by atoms with Gasteiger partial charge in [-0.2, -0.15) is 0 Å². The zero-order chi connectivity index (χ0) is 34.4. The largest absolute Gasteiger partial charge is 0.147 e. The minimum Gasteiger partial charge on any atom is -0.147 e. The van der Waals surface area contributed by atoms with E-state index in [0.717, 1.165) is 5.92 Å². The van der Waals surface area contributed by atoms with E-state index < -0.39 is 17.4 Å². The molecule has 0 heterocycles. The summed E-state index contributed by atoms with van der Waals surface area (Å²) in [6.45, 7) is 21.2. The molecular formula is C46H58Cl2SiZr. The van der Waals surface area contributed by atoms with Crippen LogP contribution in [0.2, 0.25) is 9.26 Å². The van der Waals surface area contributed by atoms with Crippen LogP contribution in [0.25, 0.3) is 34.4 Å². The molecule has 0 bridgehead atoms. The van der Waals surface area contributed by atoms with Crippen LogP contribution in [-0.4, -0.2) is 6.88 Å². The molecule has 0 aromatic heterocycles. The number of fused-ring (bicyclic) bond motifs is 2. The fourth-order valence-corrected chi connectivity index (χ4v) is 30.0. The smallest absolute Gasteiger partial charge is 0.147 e. The zero-order valence-electron chi connectivity index (χ0n) is 32.0. The van der Waals surface area contributed by atoms with E-state index in [2.05, 4.69) is 163 Å². The molecule has 2 atom stereocenters. The fourth-order valence-electron chi connectivity index (χ4n) is 9.59. The van der Waals surface area contributed by atoms with E-state index in [9.17, 15) is 0 Å². The predicted octanol–water partition coefficient (Wildman–Crippen LogP) is 13.5. The molecule has 0 spiro atoms. The van der Waals surface area contributed by atoms with Crippen molar-refractivity contribution >= 4 is 43.8 Å². The van der Waals surface area contributed by atoms with Crippen molar-refractivity contribution in [1.82, 2.24) is 0 Å². The Morgan fingerprint density at radius 1 is 0.620 bits per heavy atom. The van der Waals surface area contributed by atoms with Crippen LogP contribution in [-0.2, 0) is 28.2 Å². The van der Waals surface area contributed by atoms with E-state index in [4.69, 9.17) is 0 Å². The van der Waals surface area contributed by atoms with Gasteiger partial charge in [-0.15, -0.1) is 24.8 Å². The molecule has 1 saturated carbocycles. The van der Waals surface area contributed by atoms with Gasteiger partial charge in [-0.25, -0.2) is 0 Å². The Labute approximate surface area is 318 Å². The zero-order valence-corrected chi connectivity index (χ0v) is 37.5. The molecule has 0 radical (unpaired) electrons. The average Bonchev–Trinajstić information content (AvgIpc) is 3.55. The Hall–Kier alpha value is -1.96. The second-order valence-corrected chi connectivity index (χ2v) is 49.2. The van der Waals surface area contributed by atoms with Crippen LogP contribution in [0.15, 0.2) is 90.0 Å². The van der Waals surface area contributed by atoms with E-state index in [-0.39, 0.29) is 35.6 Å². The van der Waals surface area contributed by atoms with Crippen LogP contribution < -0.4 is 0 Å². The van der Waals surface area contributed by atoms with Crippen LogP contribution >= 0.6 is 24.8 Å². The van der Waals surface area contributed by atoms with Crippen molar-refractivity contribution in [3.63, 3.8) is 0 Å². The maximum atomic E-state index is 2.82. The van der Waals surface area contributed by atoms with Gasteiger partial charge in [-0.05, 0) is 0 Å². The quantitative estimate of drug-likeness (QED) is 0.176. The number of hydrogen-bond donors (Lipinski definition) is 0. The van der Waals surface area contributed by atoms with Crippen molar-refractivity contribution in [3.05, 3.63) is 129 Å². The van der Waals surface area contributed by atoms with Crippen LogP contribution in [0.3, 0.4) is 0 Å². The van der Waals surface area contributed by atoms with Crippen molar-refractivity contribution in [2.75, 3.05) is 0 Å². The van der Waals surface area contributed by atoms with Crippen molar-refractivity contribution in [1.29, 1.82) is 0 Å². The van der Waals surface area contributed by atoms with Crippen molar-refractivity contribution in [2.24, 2.45) is 5.92 Å². The standard InChI is InChI=1S/C23H25.C21H23.2CH3.2ClH.H2Si.Zr/c1-23(2,3)20-12-10-17(11-13-20)21-9-5-8-18-14-19(15-22(18)21)16-6-4-7-16;1-14-12-19-15(2)6-11-18(20(19)13-14)16-7-9-17(10-8-16)21(3,4)5;;;;;;/h5,8-16H,4,6-7H2,1-3H3;6-13H,1-5H3;2*1H3;2*1H;1H2;. The predicted molar refractivity (Wildman–Crippen MR) is 225 cm³/mol. The molecule has 264 valence electrons. The third-order valence-corrected chi connectivity index (χ3v) is 29.9. The summed E-state index contributed by atoms with van der Waals surface area (Å²) in [4.78, 5) is 0. The van der Waals surface area contributed by atoms with Gasteiger partial charge in [0.2, 0.25) is 0 Å². The molecule has 0 N–H and O–H groups in total. The molecule has 0 amide bonds. The molecule has 50 heavy (non-hydrogen) atoms. The average molecular weight is 801 g/mol. The molecule has 4 aromatic carbocycles. The summed E-state index contributed by atoms with van der Waals surface area (Å²) < 4.78 is 6.73. The number of benzene rings is 4. The van der Waals surface area contributed by atoms with Crippen molar-refractivity contribution < 1.29 is 17.4 Å². The molecule has 3 aliphatic carbocycles. The second-order valence-electron chi connectivity index (χ2n) is 18.7. The first-order chi connectivity index (χ1) is 22.4. The van der Waals surface area contributed by atoms with Gasteiger partial charge < -0.3 is 0 Å². The van der Waals surface area contributed by atoms with Gasteiger partial charge >= 0.3 is 296 Å². The van der Waals surface area contributed by atoms with Crippen LogP contribution in [0.5, 0.6) is 0 Å². The number of halogens is 2.